The molecule has 1 aliphatic rings. The number of ether oxygens (including phenoxy) is 2. The molecule has 2 heterocycles. The lowest BCUT2D eigenvalue weighted by molar-refractivity contribution is 0.0327. The number of hydrogen-bond donors (Lipinski definition) is 0. The highest BCUT2D eigenvalue weighted by Crippen LogP contribution is 2.13. The lowest BCUT2D eigenvalue weighted by Crippen LogP contribution is -2.36. The SMILES string of the molecule is COC(=O)c1cnn(C)c1CN1CCOCC1. The Balaban J connectivity index is 2.13. The number of morpholine rings is 1. The molecule has 6 nitrogen and oxygen atoms in total. The molecule has 0 N–H and O–H groups in total. The largest absolute Gasteiger partial charge is 0.465 e. The monoisotopic (exact) mass is 239 g/mol. The molecule has 1 aromatic heterocycles. The number of methoxy groups -OCH3 is 1. The Labute approximate surface area is 100 Å². The molecule has 0 saturated carbocycles. The summed E-state index contributed by atoms with van der Waals surface area (Å²) >= 11 is 0. The number of carbonyl (C=O) groups excluding carboxylic acids is 1. The lowest BCUT2D eigenvalue weighted by atomic mass is 10.2. The third-order valence-corrected chi connectivity index (χ3v) is 2.94. The van der Waals surface area contributed by atoms with E-state index in [1.54, 1.807) is 10.9 Å². The van der Waals surface area contributed by atoms with E-state index in [1.807, 2.05) is 7.05 Å². The van der Waals surface area contributed by atoms with Gasteiger partial charge in [-0.3, -0.25) is 9.58 Å². The summed E-state index contributed by atoms with van der Waals surface area (Å²) in [6.07, 6.45) is 1.56. The Morgan fingerprint density at radius 3 is 2.88 bits per heavy atom. The van der Waals surface area contributed by atoms with Gasteiger partial charge in [-0.15, -0.1) is 0 Å². The normalized spacial score (nSPS) is 17.1. The molecule has 2 rings (SSSR count). The Morgan fingerprint density at radius 2 is 2.24 bits per heavy atom. The fourth-order valence-corrected chi connectivity index (χ4v) is 1.90. The van der Waals surface area contributed by atoms with Crippen molar-refractivity contribution < 1.29 is 14.3 Å². The zero-order valence-electron chi connectivity index (χ0n) is 10.2. The Bertz CT molecular complexity index is 397. The predicted octanol–water partition coefficient (Wildman–Crippen LogP) is 0.0389. The van der Waals surface area contributed by atoms with Gasteiger partial charge in [0.1, 0.15) is 5.56 Å². The lowest BCUT2D eigenvalue weighted by Gasteiger charge is -2.26. The fraction of sp³-hybridized carbons (Fsp3) is 0.636. The topological polar surface area (TPSA) is 56.6 Å². The van der Waals surface area contributed by atoms with Gasteiger partial charge in [0.25, 0.3) is 0 Å². The summed E-state index contributed by atoms with van der Waals surface area (Å²) in [5.74, 6) is -0.332. The molecule has 6 heteroatoms. The second kappa shape index (κ2) is 5.29. The molecule has 0 spiro atoms. The number of nitrogens with zero attached hydrogens (tertiary/aromatic N) is 3. The third kappa shape index (κ3) is 2.65. The second-order valence-corrected chi connectivity index (χ2v) is 4.01. The summed E-state index contributed by atoms with van der Waals surface area (Å²) in [5.41, 5.74) is 1.43. The number of esters is 1. The summed E-state index contributed by atoms with van der Waals surface area (Å²) in [5, 5.41) is 4.11. The maximum absolute atomic E-state index is 11.6. The van der Waals surface area contributed by atoms with Gasteiger partial charge >= 0.3 is 5.97 Å². The zero-order chi connectivity index (χ0) is 12.3. The first-order valence-electron chi connectivity index (χ1n) is 5.61. The van der Waals surface area contributed by atoms with Crippen molar-refractivity contribution in [3.8, 4) is 0 Å². The number of hydrogen-bond acceptors (Lipinski definition) is 5. The first-order valence-corrected chi connectivity index (χ1v) is 5.61. The van der Waals surface area contributed by atoms with Crippen LogP contribution in [0.2, 0.25) is 0 Å². The van der Waals surface area contributed by atoms with Crippen molar-refractivity contribution in [3.05, 3.63) is 17.5 Å². The molecule has 0 aromatic carbocycles. The molecule has 0 atom stereocenters. The van der Waals surface area contributed by atoms with Crippen LogP contribution in [0.1, 0.15) is 16.1 Å². The van der Waals surface area contributed by atoms with Gasteiger partial charge in [-0.05, 0) is 0 Å². The molecule has 0 amide bonds. The number of carbonyl (C=O) groups is 1. The zero-order valence-corrected chi connectivity index (χ0v) is 10.2. The van der Waals surface area contributed by atoms with Gasteiger partial charge < -0.3 is 9.47 Å². The van der Waals surface area contributed by atoms with E-state index in [9.17, 15) is 4.79 Å². The maximum Gasteiger partial charge on any atom is 0.341 e. The third-order valence-electron chi connectivity index (χ3n) is 2.94. The van der Waals surface area contributed by atoms with Crippen LogP contribution in [0.3, 0.4) is 0 Å². The maximum atomic E-state index is 11.6. The van der Waals surface area contributed by atoms with Gasteiger partial charge in [0, 0.05) is 26.7 Å². The van der Waals surface area contributed by atoms with Crippen LogP contribution in [0, 0.1) is 0 Å². The highest BCUT2D eigenvalue weighted by molar-refractivity contribution is 5.90. The van der Waals surface area contributed by atoms with Crippen molar-refractivity contribution >= 4 is 5.97 Å². The molecule has 1 aliphatic heterocycles. The second-order valence-electron chi connectivity index (χ2n) is 4.01. The number of rotatable bonds is 3. The summed E-state index contributed by atoms with van der Waals surface area (Å²) in [4.78, 5) is 13.8. The highest BCUT2D eigenvalue weighted by Gasteiger charge is 2.20. The van der Waals surface area contributed by atoms with Crippen molar-refractivity contribution in [2.75, 3.05) is 33.4 Å². The standard InChI is InChI=1S/C11H17N3O3/c1-13-10(8-14-3-5-17-6-4-14)9(7-12-13)11(15)16-2/h7H,3-6,8H2,1-2H3. The van der Waals surface area contributed by atoms with Crippen LogP contribution in [0.5, 0.6) is 0 Å². The molecular weight excluding hydrogens is 222 g/mol. The highest BCUT2D eigenvalue weighted by atomic mass is 16.5. The Morgan fingerprint density at radius 1 is 1.53 bits per heavy atom. The minimum atomic E-state index is -0.332. The van der Waals surface area contributed by atoms with Crippen LogP contribution < -0.4 is 0 Å². The molecule has 0 bridgehead atoms. The van der Waals surface area contributed by atoms with Crippen molar-refractivity contribution in [1.82, 2.24) is 14.7 Å². The summed E-state index contributed by atoms with van der Waals surface area (Å²) in [6, 6.07) is 0. The average molecular weight is 239 g/mol. The van der Waals surface area contributed by atoms with E-state index in [0.717, 1.165) is 32.0 Å². The molecule has 1 aromatic rings. The van der Waals surface area contributed by atoms with E-state index in [4.69, 9.17) is 9.47 Å². The van der Waals surface area contributed by atoms with Crippen LogP contribution in [0.4, 0.5) is 0 Å². The minimum absolute atomic E-state index is 0.332. The number of aryl methyl sites for hydroxylation is 1. The van der Waals surface area contributed by atoms with E-state index in [-0.39, 0.29) is 5.97 Å². The molecule has 1 fully saturated rings. The van der Waals surface area contributed by atoms with Crippen LogP contribution in [0.25, 0.3) is 0 Å². The summed E-state index contributed by atoms with van der Waals surface area (Å²) < 4.78 is 11.8. The first-order chi connectivity index (χ1) is 8.22. The molecular formula is C11H17N3O3. The minimum Gasteiger partial charge on any atom is -0.465 e. The smallest absolute Gasteiger partial charge is 0.341 e. The van der Waals surface area contributed by atoms with E-state index in [1.165, 1.54) is 7.11 Å². The Hall–Kier alpha value is -1.40. The summed E-state index contributed by atoms with van der Waals surface area (Å²) in [6.45, 7) is 3.94. The van der Waals surface area contributed by atoms with Gasteiger partial charge in [0.05, 0.1) is 32.2 Å². The predicted molar refractivity (Wildman–Crippen MR) is 60.6 cm³/mol. The Kier molecular flexibility index (Phi) is 3.75. The van der Waals surface area contributed by atoms with Gasteiger partial charge in [0.15, 0.2) is 0 Å². The summed E-state index contributed by atoms with van der Waals surface area (Å²) in [7, 11) is 3.22. The van der Waals surface area contributed by atoms with Crippen molar-refractivity contribution in [3.63, 3.8) is 0 Å². The first kappa shape index (κ1) is 12.1. The van der Waals surface area contributed by atoms with Crippen LogP contribution in [-0.4, -0.2) is 54.1 Å². The molecule has 94 valence electrons. The van der Waals surface area contributed by atoms with E-state index in [2.05, 4.69) is 10.00 Å². The van der Waals surface area contributed by atoms with E-state index in [0.29, 0.717) is 12.1 Å². The molecule has 0 unspecified atom stereocenters. The van der Waals surface area contributed by atoms with Crippen LogP contribution >= 0.6 is 0 Å². The van der Waals surface area contributed by atoms with Crippen molar-refractivity contribution in [1.29, 1.82) is 0 Å². The fourth-order valence-electron chi connectivity index (χ4n) is 1.90. The van der Waals surface area contributed by atoms with Crippen molar-refractivity contribution in [2.45, 2.75) is 6.54 Å². The average Bonchev–Trinajstić information content (AvgIpc) is 2.72. The van der Waals surface area contributed by atoms with Crippen LogP contribution in [0.15, 0.2) is 6.20 Å². The van der Waals surface area contributed by atoms with Crippen molar-refractivity contribution in [2.24, 2.45) is 7.05 Å². The quantitative estimate of drug-likeness (QED) is 0.697. The van der Waals surface area contributed by atoms with E-state index < -0.39 is 0 Å². The molecule has 0 radical (unpaired) electrons. The molecule has 0 aliphatic carbocycles. The van der Waals surface area contributed by atoms with Crippen LogP contribution in [-0.2, 0) is 23.1 Å². The van der Waals surface area contributed by atoms with Gasteiger partial charge in [0.2, 0.25) is 0 Å². The molecule has 17 heavy (non-hydrogen) atoms. The van der Waals surface area contributed by atoms with Gasteiger partial charge in [-0.25, -0.2) is 4.79 Å². The molecule has 1 saturated heterocycles. The van der Waals surface area contributed by atoms with E-state index >= 15 is 0 Å². The number of aromatic nitrogens is 2. The van der Waals surface area contributed by atoms with Gasteiger partial charge in [-0.2, -0.15) is 5.10 Å². The van der Waals surface area contributed by atoms with Gasteiger partial charge in [-0.1, -0.05) is 0 Å².